The smallest absolute Gasteiger partial charge is 0.130 e. The second-order valence-electron chi connectivity index (χ2n) is 5.55. The van der Waals surface area contributed by atoms with Crippen LogP contribution in [0.5, 0.6) is 0 Å². The van der Waals surface area contributed by atoms with Gasteiger partial charge in [-0.05, 0) is 20.0 Å². The molecule has 0 bridgehead atoms. The first kappa shape index (κ1) is 15.2. The Labute approximate surface area is 121 Å². The predicted molar refractivity (Wildman–Crippen MR) is 79.7 cm³/mol. The number of pyridine rings is 1. The van der Waals surface area contributed by atoms with Gasteiger partial charge in [0.15, 0.2) is 0 Å². The van der Waals surface area contributed by atoms with Crippen molar-refractivity contribution >= 4 is 5.82 Å². The highest BCUT2D eigenvalue weighted by Crippen LogP contribution is 2.22. The highest BCUT2D eigenvalue weighted by atomic mass is 16.5. The average Bonchev–Trinajstić information content (AvgIpc) is 2.41. The zero-order valence-corrected chi connectivity index (χ0v) is 12.4. The normalized spacial score (nSPS) is 18.2. The van der Waals surface area contributed by atoms with Gasteiger partial charge in [-0.15, -0.1) is 0 Å². The summed E-state index contributed by atoms with van der Waals surface area (Å²) in [5, 5.41) is 13.8. The number of nitrogens with one attached hydrogen (secondary N) is 1. The number of aromatic nitrogens is 1. The molecule has 0 saturated carbocycles. The second-order valence-corrected chi connectivity index (χ2v) is 5.55. The van der Waals surface area contributed by atoms with E-state index in [0.717, 1.165) is 24.5 Å². The maximum Gasteiger partial charge on any atom is 0.130 e. The van der Waals surface area contributed by atoms with Gasteiger partial charge in [-0.25, -0.2) is 4.98 Å². The van der Waals surface area contributed by atoms with E-state index in [1.165, 1.54) is 0 Å². The summed E-state index contributed by atoms with van der Waals surface area (Å²) in [7, 11) is 2.04. The Morgan fingerprint density at radius 3 is 2.90 bits per heavy atom. The SMILES string of the molecule is CCNc1ncccc1CN(C)CC1(O)CCOCC1. The van der Waals surface area contributed by atoms with Crippen LogP contribution < -0.4 is 5.32 Å². The summed E-state index contributed by atoms with van der Waals surface area (Å²) >= 11 is 0. The third kappa shape index (κ3) is 4.16. The van der Waals surface area contributed by atoms with Crippen LogP contribution in [0.2, 0.25) is 0 Å². The van der Waals surface area contributed by atoms with Crippen LogP contribution in [0.25, 0.3) is 0 Å². The van der Waals surface area contributed by atoms with Gasteiger partial charge in [-0.2, -0.15) is 0 Å². The Bertz CT molecular complexity index is 419. The zero-order valence-electron chi connectivity index (χ0n) is 12.4. The van der Waals surface area contributed by atoms with Crippen LogP contribution in [0.4, 0.5) is 5.82 Å². The molecule has 0 spiro atoms. The molecule has 0 aromatic carbocycles. The minimum absolute atomic E-state index is 0.618. The molecule has 2 heterocycles. The van der Waals surface area contributed by atoms with Crippen LogP contribution in [-0.4, -0.2) is 53.9 Å². The standard InChI is InChI=1S/C15H25N3O2/c1-3-16-14-13(5-4-8-17-14)11-18(2)12-15(19)6-9-20-10-7-15/h4-5,8,19H,3,6-7,9-12H2,1-2H3,(H,16,17). The molecule has 2 N–H and O–H groups in total. The van der Waals surface area contributed by atoms with E-state index in [4.69, 9.17) is 4.74 Å². The van der Waals surface area contributed by atoms with E-state index in [1.54, 1.807) is 6.20 Å². The van der Waals surface area contributed by atoms with Crippen molar-refractivity contribution in [2.45, 2.75) is 31.9 Å². The fourth-order valence-electron chi connectivity index (χ4n) is 2.65. The van der Waals surface area contributed by atoms with E-state index < -0.39 is 5.60 Å². The van der Waals surface area contributed by atoms with Gasteiger partial charge in [0.05, 0.1) is 5.60 Å². The molecule has 0 unspecified atom stereocenters. The van der Waals surface area contributed by atoms with Crippen LogP contribution in [0.15, 0.2) is 18.3 Å². The molecule has 5 nitrogen and oxygen atoms in total. The molecule has 1 saturated heterocycles. The van der Waals surface area contributed by atoms with E-state index >= 15 is 0 Å². The number of anilines is 1. The number of nitrogens with zero attached hydrogens (tertiary/aromatic N) is 2. The van der Waals surface area contributed by atoms with E-state index in [0.29, 0.717) is 32.6 Å². The molecular formula is C15H25N3O2. The first-order valence-electron chi connectivity index (χ1n) is 7.29. The number of rotatable bonds is 6. The molecule has 1 aliphatic heterocycles. The van der Waals surface area contributed by atoms with Crippen molar-refractivity contribution in [1.82, 2.24) is 9.88 Å². The molecule has 1 aromatic rings. The van der Waals surface area contributed by atoms with Crippen molar-refractivity contribution in [1.29, 1.82) is 0 Å². The quantitative estimate of drug-likeness (QED) is 0.826. The zero-order chi connectivity index (χ0) is 14.4. The van der Waals surface area contributed by atoms with Gasteiger partial charge in [-0.1, -0.05) is 6.07 Å². The lowest BCUT2D eigenvalue weighted by atomic mass is 9.94. The van der Waals surface area contributed by atoms with Crippen LogP contribution in [0, 0.1) is 0 Å². The number of likely N-dealkylation sites (N-methyl/N-ethyl adjacent to an activating group) is 1. The first-order chi connectivity index (χ1) is 9.63. The van der Waals surface area contributed by atoms with Crippen LogP contribution >= 0.6 is 0 Å². The fraction of sp³-hybridized carbons (Fsp3) is 0.667. The highest BCUT2D eigenvalue weighted by molar-refractivity contribution is 5.43. The van der Waals surface area contributed by atoms with Crippen molar-refractivity contribution in [3.63, 3.8) is 0 Å². The summed E-state index contributed by atoms with van der Waals surface area (Å²) in [4.78, 5) is 6.52. The Morgan fingerprint density at radius 2 is 2.20 bits per heavy atom. The lowest BCUT2D eigenvalue weighted by molar-refractivity contribution is -0.0777. The predicted octanol–water partition coefficient (Wildman–Crippen LogP) is 1.49. The minimum atomic E-state index is -0.618. The molecule has 20 heavy (non-hydrogen) atoms. The largest absolute Gasteiger partial charge is 0.388 e. The first-order valence-corrected chi connectivity index (χ1v) is 7.29. The van der Waals surface area contributed by atoms with Crippen molar-refractivity contribution in [2.75, 3.05) is 38.7 Å². The van der Waals surface area contributed by atoms with Gasteiger partial charge >= 0.3 is 0 Å². The number of ether oxygens (including phenoxy) is 1. The summed E-state index contributed by atoms with van der Waals surface area (Å²) < 4.78 is 5.32. The van der Waals surface area contributed by atoms with Crippen molar-refractivity contribution < 1.29 is 9.84 Å². The number of hydrogen-bond acceptors (Lipinski definition) is 5. The van der Waals surface area contributed by atoms with Crippen LogP contribution in [0.3, 0.4) is 0 Å². The van der Waals surface area contributed by atoms with Gasteiger partial charge in [0.1, 0.15) is 5.82 Å². The summed E-state index contributed by atoms with van der Waals surface area (Å²) in [6.07, 6.45) is 3.22. The third-order valence-electron chi connectivity index (χ3n) is 3.66. The van der Waals surface area contributed by atoms with Crippen LogP contribution in [-0.2, 0) is 11.3 Å². The summed E-state index contributed by atoms with van der Waals surface area (Å²) in [6.45, 7) is 5.66. The molecule has 112 valence electrons. The lowest BCUT2D eigenvalue weighted by Gasteiger charge is -2.35. The maximum absolute atomic E-state index is 10.5. The summed E-state index contributed by atoms with van der Waals surface area (Å²) in [6, 6.07) is 4.03. The molecule has 0 atom stereocenters. The third-order valence-corrected chi connectivity index (χ3v) is 3.66. The van der Waals surface area contributed by atoms with E-state index in [1.807, 2.05) is 13.1 Å². The van der Waals surface area contributed by atoms with Crippen molar-refractivity contribution in [3.8, 4) is 0 Å². The molecule has 0 amide bonds. The van der Waals surface area contributed by atoms with Crippen LogP contribution in [0.1, 0.15) is 25.3 Å². The summed E-state index contributed by atoms with van der Waals surface area (Å²) in [5.74, 6) is 0.931. The van der Waals surface area contributed by atoms with Gasteiger partial charge in [0.25, 0.3) is 0 Å². The van der Waals surface area contributed by atoms with Crippen molar-refractivity contribution in [2.24, 2.45) is 0 Å². The van der Waals surface area contributed by atoms with Crippen molar-refractivity contribution in [3.05, 3.63) is 23.9 Å². The molecule has 1 aromatic heterocycles. The maximum atomic E-state index is 10.5. The van der Waals surface area contributed by atoms with Gasteiger partial charge in [0.2, 0.25) is 0 Å². The highest BCUT2D eigenvalue weighted by Gasteiger charge is 2.31. The fourth-order valence-corrected chi connectivity index (χ4v) is 2.65. The average molecular weight is 279 g/mol. The molecule has 0 aliphatic carbocycles. The monoisotopic (exact) mass is 279 g/mol. The Kier molecular flexibility index (Phi) is 5.34. The molecule has 1 aliphatic rings. The van der Waals surface area contributed by atoms with Gasteiger partial charge < -0.3 is 15.2 Å². The topological polar surface area (TPSA) is 57.6 Å². The molecular weight excluding hydrogens is 254 g/mol. The number of hydrogen-bond donors (Lipinski definition) is 2. The van der Waals surface area contributed by atoms with E-state index in [9.17, 15) is 5.11 Å². The minimum Gasteiger partial charge on any atom is -0.388 e. The lowest BCUT2D eigenvalue weighted by Crippen LogP contribution is -2.45. The second kappa shape index (κ2) is 7.02. The van der Waals surface area contributed by atoms with Gasteiger partial charge in [0, 0.05) is 57.4 Å². The Balaban J connectivity index is 1.95. The molecule has 1 fully saturated rings. The molecule has 5 heteroatoms. The Morgan fingerprint density at radius 1 is 1.45 bits per heavy atom. The van der Waals surface area contributed by atoms with E-state index in [-0.39, 0.29) is 0 Å². The molecule has 0 radical (unpaired) electrons. The molecule has 2 rings (SSSR count). The summed E-state index contributed by atoms with van der Waals surface area (Å²) in [5.41, 5.74) is 0.542. The number of aliphatic hydroxyl groups is 1. The Hall–Kier alpha value is -1.17. The van der Waals surface area contributed by atoms with E-state index in [2.05, 4.69) is 28.2 Å². The van der Waals surface area contributed by atoms with Gasteiger partial charge in [-0.3, -0.25) is 4.90 Å².